The minimum atomic E-state index is -0.316. The van der Waals surface area contributed by atoms with Gasteiger partial charge in [-0.1, -0.05) is 90.5 Å². The molecular weight excluding hydrogens is 340 g/mol. The lowest BCUT2D eigenvalue weighted by atomic mass is 9.94. The highest BCUT2D eigenvalue weighted by molar-refractivity contribution is 5.41. The van der Waals surface area contributed by atoms with E-state index in [1.165, 1.54) is 16.7 Å². The zero-order chi connectivity index (χ0) is 19.4. The Morgan fingerprint density at radius 3 is 2.04 bits per heavy atom. The first-order valence-corrected chi connectivity index (χ1v) is 9.98. The lowest BCUT2D eigenvalue weighted by molar-refractivity contribution is 0.241. The van der Waals surface area contributed by atoms with Crippen molar-refractivity contribution in [1.29, 1.82) is 5.26 Å². The molecule has 28 heavy (non-hydrogen) atoms. The number of nitrogens with zero attached hydrogens (tertiary/aromatic N) is 2. The molecule has 1 fully saturated rings. The van der Waals surface area contributed by atoms with Gasteiger partial charge >= 0.3 is 0 Å². The number of nitriles is 1. The van der Waals surface area contributed by atoms with Gasteiger partial charge in [0.25, 0.3) is 0 Å². The highest BCUT2D eigenvalue weighted by Crippen LogP contribution is 2.54. The summed E-state index contributed by atoms with van der Waals surface area (Å²) < 4.78 is 0. The summed E-state index contributed by atoms with van der Waals surface area (Å²) in [6, 6.07) is 32.3. The smallest absolute Gasteiger partial charge is 0.0867 e. The fourth-order valence-corrected chi connectivity index (χ4v) is 4.13. The van der Waals surface area contributed by atoms with Crippen LogP contribution in [-0.2, 0) is 18.5 Å². The molecule has 0 heterocycles. The summed E-state index contributed by atoms with van der Waals surface area (Å²) in [6.07, 6.45) is 0.951. The number of hydrogen-bond acceptors (Lipinski definition) is 2. The molecule has 0 aliphatic heterocycles. The molecule has 3 aromatic rings. The summed E-state index contributed by atoms with van der Waals surface area (Å²) in [5.74, 6) is 0.383. The van der Waals surface area contributed by atoms with Gasteiger partial charge in [-0.2, -0.15) is 5.26 Å². The van der Waals surface area contributed by atoms with Crippen LogP contribution in [0.1, 0.15) is 28.7 Å². The summed E-state index contributed by atoms with van der Waals surface area (Å²) in [6.45, 7) is 4.87. The van der Waals surface area contributed by atoms with E-state index >= 15 is 0 Å². The van der Waals surface area contributed by atoms with E-state index in [0.29, 0.717) is 5.92 Å². The standard InChI is InChI=1S/C26H26N2/c1-21-12-14-23(15-13-21)18-28(17-22-8-4-2-5-9-22)19-25-16-26(25,20-27)24-10-6-3-7-11-24/h2-15,25H,16-19H2,1H3. The summed E-state index contributed by atoms with van der Waals surface area (Å²) in [4.78, 5) is 2.49. The molecule has 0 aromatic heterocycles. The van der Waals surface area contributed by atoms with Crippen molar-refractivity contribution >= 4 is 0 Å². The molecule has 0 saturated heterocycles. The number of aryl methyl sites for hydroxylation is 1. The summed E-state index contributed by atoms with van der Waals surface area (Å²) in [5.41, 5.74) is 4.77. The molecule has 2 unspecified atom stereocenters. The number of hydrogen-bond donors (Lipinski definition) is 0. The molecule has 2 nitrogen and oxygen atoms in total. The van der Waals surface area contributed by atoms with Crippen LogP contribution in [0.3, 0.4) is 0 Å². The van der Waals surface area contributed by atoms with Gasteiger partial charge in [-0.15, -0.1) is 0 Å². The quantitative estimate of drug-likeness (QED) is 0.554. The monoisotopic (exact) mass is 366 g/mol. The lowest BCUT2D eigenvalue weighted by Gasteiger charge is -2.24. The van der Waals surface area contributed by atoms with E-state index in [1.54, 1.807) is 0 Å². The first-order chi connectivity index (χ1) is 13.7. The van der Waals surface area contributed by atoms with Crippen molar-refractivity contribution < 1.29 is 0 Å². The molecule has 1 aliphatic rings. The second-order valence-electron chi connectivity index (χ2n) is 7.99. The molecular formula is C26H26N2. The van der Waals surface area contributed by atoms with Gasteiger partial charge in [-0.25, -0.2) is 0 Å². The lowest BCUT2D eigenvalue weighted by Crippen LogP contribution is -2.27. The van der Waals surface area contributed by atoms with Crippen molar-refractivity contribution in [3.8, 4) is 6.07 Å². The molecule has 0 bridgehead atoms. The van der Waals surface area contributed by atoms with Crippen LogP contribution in [0.2, 0.25) is 0 Å². The first kappa shape index (κ1) is 18.5. The van der Waals surface area contributed by atoms with Gasteiger partial charge in [0, 0.05) is 19.6 Å². The number of benzene rings is 3. The maximum absolute atomic E-state index is 9.93. The van der Waals surface area contributed by atoms with E-state index < -0.39 is 0 Å². The van der Waals surface area contributed by atoms with Crippen LogP contribution in [-0.4, -0.2) is 11.4 Å². The molecule has 1 saturated carbocycles. The molecule has 2 heteroatoms. The third-order valence-electron chi connectivity index (χ3n) is 5.85. The van der Waals surface area contributed by atoms with Crippen molar-refractivity contribution in [2.45, 2.75) is 31.8 Å². The van der Waals surface area contributed by atoms with E-state index in [2.05, 4.69) is 84.6 Å². The fourth-order valence-electron chi connectivity index (χ4n) is 4.13. The Morgan fingerprint density at radius 2 is 1.43 bits per heavy atom. The molecule has 140 valence electrons. The van der Waals surface area contributed by atoms with Crippen molar-refractivity contribution in [3.05, 3.63) is 107 Å². The van der Waals surface area contributed by atoms with Crippen LogP contribution in [0.25, 0.3) is 0 Å². The summed E-state index contributed by atoms with van der Waals surface area (Å²) in [5, 5.41) is 9.93. The van der Waals surface area contributed by atoms with Crippen LogP contribution in [0, 0.1) is 24.2 Å². The largest absolute Gasteiger partial charge is 0.294 e. The molecule has 2 atom stereocenters. The molecule has 3 aromatic carbocycles. The van der Waals surface area contributed by atoms with E-state index in [-0.39, 0.29) is 5.41 Å². The zero-order valence-corrected chi connectivity index (χ0v) is 16.4. The maximum atomic E-state index is 9.93. The summed E-state index contributed by atoms with van der Waals surface area (Å²) in [7, 11) is 0. The molecule has 0 spiro atoms. The Hall–Kier alpha value is -2.89. The Balaban J connectivity index is 1.52. The van der Waals surface area contributed by atoms with Gasteiger partial charge in [0.15, 0.2) is 0 Å². The highest BCUT2D eigenvalue weighted by Gasteiger charge is 2.56. The summed E-state index contributed by atoms with van der Waals surface area (Å²) >= 11 is 0. The van der Waals surface area contributed by atoms with Gasteiger partial charge in [0.05, 0.1) is 11.5 Å². The van der Waals surface area contributed by atoms with Crippen LogP contribution in [0.5, 0.6) is 0 Å². The van der Waals surface area contributed by atoms with Crippen molar-refractivity contribution in [2.24, 2.45) is 5.92 Å². The fraction of sp³-hybridized carbons (Fsp3) is 0.269. The van der Waals surface area contributed by atoms with Gasteiger partial charge in [0.1, 0.15) is 0 Å². The normalized spacial score (nSPS) is 20.7. The average Bonchev–Trinajstić information content (AvgIpc) is 3.45. The van der Waals surface area contributed by atoms with Crippen LogP contribution >= 0.6 is 0 Å². The second kappa shape index (κ2) is 8.00. The van der Waals surface area contributed by atoms with E-state index in [9.17, 15) is 5.26 Å². The molecule has 0 amide bonds. The molecule has 0 radical (unpaired) electrons. The van der Waals surface area contributed by atoms with Crippen LogP contribution < -0.4 is 0 Å². The third-order valence-corrected chi connectivity index (χ3v) is 5.85. The van der Waals surface area contributed by atoms with Gasteiger partial charge in [-0.3, -0.25) is 4.90 Å². The van der Waals surface area contributed by atoms with Crippen molar-refractivity contribution in [1.82, 2.24) is 4.90 Å². The molecule has 1 aliphatic carbocycles. The third kappa shape index (κ3) is 4.01. The SMILES string of the molecule is Cc1ccc(CN(Cc2ccccc2)CC2CC2(C#N)c2ccccc2)cc1. The van der Waals surface area contributed by atoms with Crippen LogP contribution in [0.15, 0.2) is 84.9 Å². The minimum absolute atomic E-state index is 0.316. The van der Waals surface area contributed by atoms with E-state index in [0.717, 1.165) is 31.6 Å². The maximum Gasteiger partial charge on any atom is 0.0867 e. The minimum Gasteiger partial charge on any atom is -0.294 e. The Bertz CT molecular complexity index is 941. The Morgan fingerprint density at radius 1 is 0.857 bits per heavy atom. The number of rotatable bonds is 7. The predicted octanol–water partition coefficient (Wildman–Crippen LogP) is 5.48. The van der Waals surface area contributed by atoms with E-state index in [1.807, 2.05) is 18.2 Å². The molecule has 0 N–H and O–H groups in total. The zero-order valence-electron chi connectivity index (χ0n) is 16.4. The average molecular weight is 367 g/mol. The van der Waals surface area contributed by atoms with Crippen molar-refractivity contribution in [2.75, 3.05) is 6.54 Å². The van der Waals surface area contributed by atoms with Gasteiger partial charge in [-0.05, 0) is 36.0 Å². The van der Waals surface area contributed by atoms with E-state index in [4.69, 9.17) is 0 Å². The van der Waals surface area contributed by atoms with Gasteiger partial charge in [0.2, 0.25) is 0 Å². The Kier molecular flexibility index (Phi) is 5.28. The second-order valence-corrected chi connectivity index (χ2v) is 7.99. The predicted molar refractivity (Wildman–Crippen MR) is 114 cm³/mol. The van der Waals surface area contributed by atoms with Gasteiger partial charge < -0.3 is 0 Å². The van der Waals surface area contributed by atoms with Crippen LogP contribution in [0.4, 0.5) is 0 Å². The first-order valence-electron chi connectivity index (χ1n) is 9.98. The Labute approximate surface area is 168 Å². The highest BCUT2D eigenvalue weighted by atomic mass is 15.1. The van der Waals surface area contributed by atoms with Crippen molar-refractivity contribution in [3.63, 3.8) is 0 Å². The molecule has 4 rings (SSSR count). The topological polar surface area (TPSA) is 27.0 Å².